The number of likely N-dealkylation sites (tertiary alicyclic amines) is 1. The number of halogens is 4. The van der Waals surface area contributed by atoms with E-state index in [1.54, 1.807) is 7.05 Å². The molecular formula is C17H27F3IN7O. The molecule has 2 fully saturated rings. The summed E-state index contributed by atoms with van der Waals surface area (Å²) >= 11 is 0. The van der Waals surface area contributed by atoms with Crippen molar-refractivity contribution in [2.45, 2.75) is 18.6 Å². The number of nitrogens with zero attached hydrogens (tertiary/aromatic N) is 5. The van der Waals surface area contributed by atoms with Crippen molar-refractivity contribution in [2.24, 2.45) is 4.99 Å². The first-order chi connectivity index (χ1) is 13.5. The van der Waals surface area contributed by atoms with E-state index in [1.165, 1.54) is 0 Å². The molecule has 0 aromatic carbocycles. The van der Waals surface area contributed by atoms with Crippen LogP contribution < -0.4 is 10.6 Å². The lowest BCUT2D eigenvalue weighted by atomic mass is 10.2. The van der Waals surface area contributed by atoms with E-state index < -0.39 is 11.9 Å². The molecule has 2 saturated heterocycles. The first-order valence-electron chi connectivity index (χ1n) is 9.39. The predicted octanol–water partition coefficient (Wildman–Crippen LogP) is 1.51. The van der Waals surface area contributed by atoms with Crippen LogP contribution in [-0.2, 0) is 10.9 Å². The Labute approximate surface area is 185 Å². The summed E-state index contributed by atoms with van der Waals surface area (Å²) in [6, 6.07) is 1.35. The first-order valence-corrected chi connectivity index (χ1v) is 9.39. The van der Waals surface area contributed by atoms with Crippen LogP contribution in [0.1, 0.15) is 12.1 Å². The number of morpholine rings is 1. The second-order valence-corrected chi connectivity index (χ2v) is 6.70. The number of anilines is 1. The van der Waals surface area contributed by atoms with Crippen molar-refractivity contribution < 1.29 is 17.9 Å². The fraction of sp³-hybridized carbons (Fsp3) is 0.706. The van der Waals surface area contributed by atoms with Crippen molar-refractivity contribution in [3.63, 3.8) is 0 Å². The minimum Gasteiger partial charge on any atom is -0.379 e. The Balaban J connectivity index is 0.00000300. The quantitative estimate of drug-likeness (QED) is 0.259. The van der Waals surface area contributed by atoms with E-state index in [0.717, 1.165) is 64.0 Å². The number of alkyl halides is 3. The number of aromatic nitrogens is 2. The van der Waals surface area contributed by atoms with Crippen molar-refractivity contribution in [1.82, 2.24) is 25.1 Å². The third-order valence-electron chi connectivity index (χ3n) is 4.87. The average Bonchev–Trinajstić information content (AvgIpc) is 3.18. The van der Waals surface area contributed by atoms with Gasteiger partial charge in [-0.25, -0.2) is 9.97 Å². The molecule has 3 rings (SSSR count). The molecule has 0 spiro atoms. The van der Waals surface area contributed by atoms with Gasteiger partial charge in [-0.3, -0.25) is 9.89 Å². The van der Waals surface area contributed by atoms with E-state index in [1.807, 2.05) is 0 Å². The number of ether oxygens (including phenoxy) is 1. The minimum atomic E-state index is -4.48. The molecule has 29 heavy (non-hydrogen) atoms. The number of nitrogens with one attached hydrogen (secondary N) is 2. The Hall–Kier alpha value is -1.41. The van der Waals surface area contributed by atoms with Gasteiger partial charge in [0.2, 0.25) is 5.95 Å². The van der Waals surface area contributed by atoms with Crippen molar-refractivity contribution in [3.8, 4) is 0 Å². The van der Waals surface area contributed by atoms with Crippen LogP contribution in [0.3, 0.4) is 0 Å². The van der Waals surface area contributed by atoms with E-state index in [9.17, 15) is 13.2 Å². The monoisotopic (exact) mass is 529 g/mol. The lowest BCUT2D eigenvalue weighted by molar-refractivity contribution is -0.141. The Morgan fingerprint density at radius 3 is 2.72 bits per heavy atom. The van der Waals surface area contributed by atoms with Crippen LogP contribution in [0, 0.1) is 0 Å². The normalized spacial score (nSPS) is 21.0. The fourth-order valence-corrected chi connectivity index (χ4v) is 3.46. The second kappa shape index (κ2) is 11.1. The van der Waals surface area contributed by atoms with Gasteiger partial charge in [-0.05, 0) is 12.5 Å². The highest BCUT2D eigenvalue weighted by molar-refractivity contribution is 14.0. The van der Waals surface area contributed by atoms with Gasteiger partial charge in [0, 0.05) is 58.6 Å². The lowest BCUT2D eigenvalue weighted by Crippen LogP contribution is -2.47. The summed E-state index contributed by atoms with van der Waals surface area (Å²) in [7, 11) is 1.73. The molecule has 2 aliphatic rings. The summed E-state index contributed by atoms with van der Waals surface area (Å²) in [5.74, 6) is 0.752. The molecule has 1 unspecified atom stereocenters. The average molecular weight is 529 g/mol. The standard InChI is InChI=1S/C17H26F3N7O.HI/c1-21-16(27-7-3-13(12-27)26-8-10-28-11-9-26)24-6-5-23-15-22-4-2-14(25-15)17(18,19)20;/h2,4,13H,3,5-12H2,1H3,(H,21,24)(H,22,23,25);1H. The zero-order chi connectivity index (χ0) is 20.0. The number of hydrogen-bond donors (Lipinski definition) is 2. The smallest absolute Gasteiger partial charge is 0.379 e. The maximum Gasteiger partial charge on any atom is 0.433 e. The number of aliphatic imine (C=N–C) groups is 1. The highest BCUT2D eigenvalue weighted by Crippen LogP contribution is 2.27. The zero-order valence-corrected chi connectivity index (χ0v) is 18.6. The molecular weight excluding hydrogens is 502 g/mol. The molecule has 0 amide bonds. The van der Waals surface area contributed by atoms with Crippen LogP contribution in [-0.4, -0.2) is 91.3 Å². The van der Waals surface area contributed by atoms with Gasteiger partial charge in [0.05, 0.1) is 13.2 Å². The Morgan fingerprint density at radius 2 is 2.03 bits per heavy atom. The highest BCUT2D eigenvalue weighted by Gasteiger charge is 2.33. The molecule has 12 heteroatoms. The van der Waals surface area contributed by atoms with Crippen LogP contribution in [0.5, 0.6) is 0 Å². The summed E-state index contributed by atoms with van der Waals surface area (Å²) in [6.45, 7) is 6.19. The van der Waals surface area contributed by atoms with Gasteiger partial charge in [0.25, 0.3) is 0 Å². The van der Waals surface area contributed by atoms with E-state index in [-0.39, 0.29) is 29.9 Å². The van der Waals surface area contributed by atoms with E-state index >= 15 is 0 Å². The van der Waals surface area contributed by atoms with Crippen LogP contribution in [0.15, 0.2) is 17.3 Å². The maximum absolute atomic E-state index is 12.7. The molecule has 1 aromatic heterocycles. The zero-order valence-electron chi connectivity index (χ0n) is 16.3. The third kappa shape index (κ3) is 6.81. The molecule has 3 heterocycles. The molecule has 2 aliphatic heterocycles. The molecule has 0 aliphatic carbocycles. The molecule has 0 radical (unpaired) electrons. The SMILES string of the molecule is CN=C(NCCNc1nccc(C(F)(F)F)n1)N1CCC(N2CCOCC2)C1.I. The summed E-state index contributed by atoms with van der Waals surface area (Å²) in [6.07, 6.45) is -2.30. The van der Waals surface area contributed by atoms with Gasteiger partial charge >= 0.3 is 6.18 Å². The van der Waals surface area contributed by atoms with Gasteiger partial charge in [-0.2, -0.15) is 13.2 Å². The van der Waals surface area contributed by atoms with Crippen LogP contribution in [0.2, 0.25) is 0 Å². The Bertz CT molecular complexity index is 671. The van der Waals surface area contributed by atoms with Crippen LogP contribution >= 0.6 is 24.0 Å². The van der Waals surface area contributed by atoms with Crippen LogP contribution in [0.4, 0.5) is 19.1 Å². The maximum atomic E-state index is 12.7. The Kier molecular flexibility index (Phi) is 9.14. The summed E-state index contributed by atoms with van der Waals surface area (Å²) < 4.78 is 43.5. The topological polar surface area (TPSA) is 77.9 Å². The molecule has 164 valence electrons. The second-order valence-electron chi connectivity index (χ2n) is 6.70. The molecule has 0 bridgehead atoms. The van der Waals surface area contributed by atoms with Gasteiger partial charge in [0.1, 0.15) is 5.69 Å². The summed E-state index contributed by atoms with van der Waals surface area (Å²) in [5, 5.41) is 6.05. The minimum absolute atomic E-state index is 0. The molecule has 8 nitrogen and oxygen atoms in total. The van der Waals surface area contributed by atoms with Crippen molar-refractivity contribution >= 4 is 35.9 Å². The number of guanidine groups is 1. The first kappa shape index (κ1) is 23.9. The fourth-order valence-electron chi connectivity index (χ4n) is 3.46. The highest BCUT2D eigenvalue weighted by atomic mass is 127. The van der Waals surface area contributed by atoms with Gasteiger partial charge in [0.15, 0.2) is 5.96 Å². The molecule has 0 saturated carbocycles. The van der Waals surface area contributed by atoms with E-state index in [0.29, 0.717) is 19.1 Å². The largest absolute Gasteiger partial charge is 0.433 e. The lowest BCUT2D eigenvalue weighted by Gasteiger charge is -2.32. The molecule has 2 N–H and O–H groups in total. The summed E-state index contributed by atoms with van der Waals surface area (Å²) in [4.78, 5) is 16.3. The number of rotatable bonds is 5. The third-order valence-corrected chi connectivity index (χ3v) is 4.87. The molecule has 1 atom stereocenters. The van der Waals surface area contributed by atoms with E-state index in [2.05, 4.69) is 35.4 Å². The van der Waals surface area contributed by atoms with Crippen molar-refractivity contribution in [3.05, 3.63) is 18.0 Å². The summed E-state index contributed by atoms with van der Waals surface area (Å²) in [5.41, 5.74) is -0.958. The van der Waals surface area contributed by atoms with Gasteiger partial charge < -0.3 is 20.3 Å². The van der Waals surface area contributed by atoms with Crippen molar-refractivity contribution in [1.29, 1.82) is 0 Å². The van der Waals surface area contributed by atoms with Crippen LogP contribution in [0.25, 0.3) is 0 Å². The van der Waals surface area contributed by atoms with E-state index in [4.69, 9.17) is 4.74 Å². The predicted molar refractivity (Wildman–Crippen MR) is 115 cm³/mol. The number of hydrogen-bond acceptors (Lipinski definition) is 6. The van der Waals surface area contributed by atoms with Gasteiger partial charge in [-0.1, -0.05) is 0 Å². The Morgan fingerprint density at radius 1 is 1.28 bits per heavy atom. The van der Waals surface area contributed by atoms with Gasteiger partial charge in [-0.15, -0.1) is 24.0 Å². The molecule has 1 aromatic rings. The van der Waals surface area contributed by atoms with Crippen molar-refractivity contribution in [2.75, 3.05) is 64.8 Å².